The Morgan fingerprint density at radius 1 is 1.25 bits per heavy atom. The van der Waals surface area contributed by atoms with Crippen LogP contribution >= 0.6 is 11.3 Å². The number of nitrogens with zero attached hydrogens (tertiary/aromatic N) is 4. The van der Waals surface area contributed by atoms with Crippen LogP contribution in [-0.4, -0.2) is 39.1 Å². The molecule has 122 valence electrons. The van der Waals surface area contributed by atoms with Gasteiger partial charge in [-0.3, -0.25) is 0 Å². The monoisotopic (exact) mass is 344 g/mol. The third-order valence-electron chi connectivity index (χ3n) is 3.96. The molecule has 0 amide bonds. The van der Waals surface area contributed by atoms with Gasteiger partial charge in [-0.1, -0.05) is 11.3 Å². The number of benzene rings is 1. The number of carbonyl (C=O) groups is 1. The van der Waals surface area contributed by atoms with Crippen molar-refractivity contribution < 1.29 is 14.3 Å². The van der Waals surface area contributed by atoms with Gasteiger partial charge in [0.1, 0.15) is 11.5 Å². The van der Waals surface area contributed by atoms with Gasteiger partial charge < -0.3 is 10.0 Å². The zero-order valence-electron chi connectivity index (χ0n) is 12.7. The van der Waals surface area contributed by atoms with Crippen molar-refractivity contribution in [2.24, 2.45) is 0 Å². The molecule has 0 unspecified atom stereocenters. The molecule has 6 nitrogen and oxygen atoms in total. The molecule has 0 bridgehead atoms. The number of hydrogen-bond acceptors (Lipinski definition) is 6. The van der Waals surface area contributed by atoms with Gasteiger partial charge in [-0.15, -0.1) is 0 Å². The van der Waals surface area contributed by atoms with Crippen LogP contribution in [0.1, 0.15) is 22.6 Å². The van der Waals surface area contributed by atoms with E-state index in [1.165, 1.54) is 12.1 Å². The van der Waals surface area contributed by atoms with Crippen molar-refractivity contribution in [2.45, 2.75) is 18.9 Å². The van der Waals surface area contributed by atoms with Gasteiger partial charge in [0.05, 0.1) is 0 Å². The molecule has 2 heterocycles. The molecule has 1 aliphatic carbocycles. The Morgan fingerprint density at radius 2 is 1.96 bits per heavy atom. The molecule has 1 fully saturated rings. The maximum absolute atomic E-state index is 13.2. The van der Waals surface area contributed by atoms with E-state index in [-0.39, 0.29) is 10.8 Å². The third-order valence-corrected chi connectivity index (χ3v) is 4.88. The number of aromatic carboxylic acids is 1. The normalized spacial score (nSPS) is 14.1. The summed E-state index contributed by atoms with van der Waals surface area (Å²) >= 11 is 1.00. The molecule has 1 aliphatic rings. The van der Waals surface area contributed by atoms with E-state index in [2.05, 4.69) is 15.0 Å². The van der Waals surface area contributed by atoms with Gasteiger partial charge in [0.2, 0.25) is 5.01 Å². The van der Waals surface area contributed by atoms with Crippen LogP contribution in [0.3, 0.4) is 0 Å². The SMILES string of the molecule is CN(c1nc2sc(C(=O)O)nc2nc1-c1ccc(F)cc1)C1CC1. The second kappa shape index (κ2) is 5.48. The van der Waals surface area contributed by atoms with Gasteiger partial charge in [-0.05, 0) is 37.1 Å². The van der Waals surface area contributed by atoms with Crippen LogP contribution in [-0.2, 0) is 0 Å². The number of rotatable bonds is 4. The molecule has 3 aromatic rings. The highest BCUT2D eigenvalue weighted by Gasteiger charge is 2.30. The van der Waals surface area contributed by atoms with Gasteiger partial charge in [0, 0.05) is 18.7 Å². The van der Waals surface area contributed by atoms with E-state index in [1.807, 2.05) is 11.9 Å². The highest BCUT2D eigenvalue weighted by molar-refractivity contribution is 7.19. The summed E-state index contributed by atoms with van der Waals surface area (Å²) in [7, 11) is 1.94. The van der Waals surface area contributed by atoms with E-state index >= 15 is 0 Å². The summed E-state index contributed by atoms with van der Waals surface area (Å²) in [5, 5.41) is 9.08. The Balaban J connectivity index is 1.92. The first-order valence-corrected chi connectivity index (χ1v) is 8.25. The summed E-state index contributed by atoms with van der Waals surface area (Å²) < 4.78 is 13.2. The smallest absolute Gasteiger partial charge is 0.365 e. The van der Waals surface area contributed by atoms with Crippen molar-refractivity contribution in [3.8, 4) is 11.3 Å². The zero-order chi connectivity index (χ0) is 16.8. The topological polar surface area (TPSA) is 79.2 Å². The molecule has 0 spiro atoms. The minimum atomic E-state index is -1.10. The van der Waals surface area contributed by atoms with E-state index in [9.17, 15) is 9.18 Å². The maximum atomic E-state index is 13.2. The van der Waals surface area contributed by atoms with Crippen molar-refractivity contribution >= 4 is 33.6 Å². The Bertz CT molecular complexity index is 937. The van der Waals surface area contributed by atoms with Crippen LogP contribution in [0.2, 0.25) is 0 Å². The van der Waals surface area contributed by atoms with Crippen molar-refractivity contribution in [1.29, 1.82) is 0 Å². The number of carboxylic acid groups (broad SMARTS) is 1. The molecular weight excluding hydrogens is 331 g/mol. The van der Waals surface area contributed by atoms with Crippen molar-refractivity contribution in [3.63, 3.8) is 0 Å². The first-order valence-electron chi connectivity index (χ1n) is 7.43. The number of carboxylic acids is 1. The van der Waals surface area contributed by atoms with Gasteiger partial charge in [0.25, 0.3) is 0 Å². The van der Waals surface area contributed by atoms with Crippen molar-refractivity contribution in [1.82, 2.24) is 15.0 Å². The standard InChI is InChI=1S/C16H13FN4O2S/c1-21(10-6-7-10)13-11(8-2-4-9(17)5-3-8)18-12-14(20-13)24-15(19-12)16(22)23/h2-5,10H,6-7H2,1H3,(H,22,23). The van der Waals surface area contributed by atoms with Crippen molar-refractivity contribution in [2.75, 3.05) is 11.9 Å². The van der Waals surface area contributed by atoms with Crippen LogP contribution in [0.25, 0.3) is 21.7 Å². The molecule has 0 saturated heterocycles. The molecule has 4 rings (SSSR count). The fourth-order valence-electron chi connectivity index (χ4n) is 2.53. The largest absolute Gasteiger partial charge is 0.476 e. The van der Waals surface area contributed by atoms with Crippen LogP contribution in [0, 0.1) is 5.82 Å². The minimum Gasteiger partial charge on any atom is -0.476 e. The number of thiazole rings is 1. The lowest BCUT2D eigenvalue weighted by Crippen LogP contribution is -2.22. The highest BCUT2D eigenvalue weighted by Crippen LogP contribution is 2.36. The highest BCUT2D eigenvalue weighted by atomic mass is 32.1. The predicted octanol–water partition coefficient (Wildman–Crippen LogP) is 3.19. The van der Waals surface area contributed by atoms with E-state index in [0.29, 0.717) is 28.0 Å². The van der Waals surface area contributed by atoms with E-state index in [0.717, 1.165) is 29.7 Å². The van der Waals surface area contributed by atoms with Crippen LogP contribution < -0.4 is 4.90 Å². The number of hydrogen-bond donors (Lipinski definition) is 1. The fraction of sp³-hybridized carbons (Fsp3) is 0.250. The molecule has 1 aromatic carbocycles. The lowest BCUT2D eigenvalue weighted by molar-refractivity contribution is 0.0696. The number of aromatic nitrogens is 3. The van der Waals surface area contributed by atoms with Crippen LogP contribution in [0.15, 0.2) is 24.3 Å². The Morgan fingerprint density at radius 3 is 2.58 bits per heavy atom. The molecule has 0 atom stereocenters. The van der Waals surface area contributed by atoms with E-state index in [4.69, 9.17) is 5.11 Å². The predicted molar refractivity (Wildman–Crippen MR) is 89.0 cm³/mol. The van der Waals surface area contributed by atoms with Crippen LogP contribution in [0.4, 0.5) is 10.2 Å². The quantitative estimate of drug-likeness (QED) is 0.783. The van der Waals surface area contributed by atoms with Gasteiger partial charge >= 0.3 is 5.97 Å². The molecule has 8 heteroatoms. The maximum Gasteiger partial charge on any atom is 0.365 e. The lowest BCUT2D eigenvalue weighted by Gasteiger charge is -2.20. The fourth-order valence-corrected chi connectivity index (χ4v) is 3.25. The zero-order valence-corrected chi connectivity index (χ0v) is 13.5. The average Bonchev–Trinajstić information content (AvgIpc) is 3.32. The molecule has 1 saturated carbocycles. The third kappa shape index (κ3) is 2.58. The Kier molecular flexibility index (Phi) is 3.42. The lowest BCUT2D eigenvalue weighted by atomic mass is 10.1. The summed E-state index contributed by atoms with van der Waals surface area (Å²) in [5.74, 6) is -0.760. The average molecular weight is 344 g/mol. The molecule has 2 aromatic heterocycles. The summed E-state index contributed by atoms with van der Waals surface area (Å²) in [6.07, 6.45) is 2.17. The van der Waals surface area contributed by atoms with Gasteiger partial charge in [-0.25, -0.2) is 24.1 Å². The first kappa shape index (κ1) is 14.9. The van der Waals surface area contributed by atoms with Crippen molar-refractivity contribution in [3.05, 3.63) is 35.1 Å². The second-order valence-corrected chi connectivity index (χ2v) is 6.68. The molecule has 0 aliphatic heterocycles. The molecule has 0 radical (unpaired) electrons. The summed E-state index contributed by atoms with van der Waals surface area (Å²) in [6.45, 7) is 0. The van der Waals surface area contributed by atoms with Gasteiger partial charge in [0.15, 0.2) is 16.3 Å². The number of fused-ring (bicyclic) bond motifs is 1. The number of anilines is 1. The van der Waals surface area contributed by atoms with Crippen LogP contribution in [0.5, 0.6) is 0 Å². The summed E-state index contributed by atoms with van der Waals surface area (Å²) in [5.41, 5.74) is 1.60. The first-order chi connectivity index (χ1) is 11.5. The molecule has 1 N–H and O–H groups in total. The molecular formula is C16H13FN4O2S. The second-order valence-electron chi connectivity index (χ2n) is 5.70. The van der Waals surface area contributed by atoms with E-state index < -0.39 is 5.97 Å². The number of halogens is 1. The van der Waals surface area contributed by atoms with E-state index in [1.54, 1.807) is 12.1 Å². The van der Waals surface area contributed by atoms with Gasteiger partial charge in [-0.2, -0.15) is 0 Å². The minimum absolute atomic E-state index is 0.0405. The molecule has 24 heavy (non-hydrogen) atoms. The Labute approximate surface area is 140 Å². The summed E-state index contributed by atoms with van der Waals surface area (Å²) in [6, 6.07) is 6.42. The Hall–Kier alpha value is -2.61. The summed E-state index contributed by atoms with van der Waals surface area (Å²) in [4.78, 5) is 26.8.